The maximum Gasteiger partial charge on any atom is 0.319 e. The first-order valence-electron chi connectivity index (χ1n) is 4.82. The van der Waals surface area contributed by atoms with E-state index in [9.17, 15) is 4.79 Å². The van der Waals surface area contributed by atoms with Crippen LogP contribution < -0.4 is 16.8 Å². The Kier molecular flexibility index (Phi) is 2.51. The van der Waals surface area contributed by atoms with Crippen LogP contribution in [0.4, 0.5) is 10.7 Å². The second-order valence-electron chi connectivity index (χ2n) is 3.66. The highest BCUT2D eigenvalue weighted by molar-refractivity contribution is 5.85. The van der Waals surface area contributed by atoms with Gasteiger partial charge < -0.3 is 11.5 Å². The van der Waals surface area contributed by atoms with Crippen molar-refractivity contribution in [3.63, 3.8) is 0 Å². The molecule has 0 saturated carbocycles. The molecular formula is C9H13N5O. The Morgan fingerprint density at radius 1 is 1.60 bits per heavy atom. The predicted molar refractivity (Wildman–Crippen MR) is 55.2 cm³/mol. The van der Waals surface area contributed by atoms with Crippen LogP contribution in [0, 0.1) is 0 Å². The molecule has 1 heterocycles. The van der Waals surface area contributed by atoms with Gasteiger partial charge in [0.05, 0.1) is 0 Å². The minimum atomic E-state index is -0.650. The van der Waals surface area contributed by atoms with Gasteiger partial charge in [-0.3, -0.25) is 5.32 Å². The van der Waals surface area contributed by atoms with E-state index in [0.29, 0.717) is 0 Å². The molecular weight excluding hydrogens is 194 g/mol. The summed E-state index contributed by atoms with van der Waals surface area (Å²) in [5.74, 6) is 0.261. The number of amides is 2. The molecule has 6 heteroatoms. The van der Waals surface area contributed by atoms with E-state index < -0.39 is 6.03 Å². The van der Waals surface area contributed by atoms with E-state index in [0.717, 1.165) is 30.5 Å². The Bertz CT molecular complexity index is 392. The monoisotopic (exact) mass is 207 g/mol. The Labute approximate surface area is 87.1 Å². The van der Waals surface area contributed by atoms with E-state index >= 15 is 0 Å². The van der Waals surface area contributed by atoms with Gasteiger partial charge in [-0.25, -0.2) is 14.8 Å². The number of nitrogens with one attached hydrogen (secondary N) is 1. The number of rotatable bonds is 1. The summed E-state index contributed by atoms with van der Waals surface area (Å²) in [4.78, 5) is 18.8. The molecule has 0 bridgehead atoms. The van der Waals surface area contributed by atoms with Crippen molar-refractivity contribution >= 4 is 12.0 Å². The lowest BCUT2D eigenvalue weighted by atomic mass is 9.94. The maximum absolute atomic E-state index is 10.6. The van der Waals surface area contributed by atoms with E-state index in [-0.39, 0.29) is 12.0 Å². The minimum Gasteiger partial charge on any atom is -0.351 e. The fraction of sp³-hybridized carbons (Fsp3) is 0.444. The standard InChI is InChI=1S/C9H13N5O/c10-6-1-2-7-5(3-6)4-12-9(13-7)14-8(11)15/h4,6H,1-3,10H2,(H3,11,12,13,14,15). The molecule has 6 nitrogen and oxygen atoms in total. The zero-order valence-corrected chi connectivity index (χ0v) is 8.23. The normalized spacial score (nSPS) is 19.4. The van der Waals surface area contributed by atoms with Crippen LogP contribution >= 0.6 is 0 Å². The van der Waals surface area contributed by atoms with Gasteiger partial charge in [0.1, 0.15) is 0 Å². The predicted octanol–water partition coefficient (Wildman–Crippen LogP) is -0.217. The van der Waals surface area contributed by atoms with Gasteiger partial charge in [0, 0.05) is 17.9 Å². The van der Waals surface area contributed by atoms with Crippen molar-refractivity contribution in [3.8, 4) is 0 Å². The Morgan fingerprint density at radius 2 is 2.40 bits per heavy atom. The van der Waals surface area contributed by atoms with Crippen LogP contribution in [0.25, 0.3) is 0 Å². The first-order valence-corrected chi connectivity index (χ1v) is 4.82. The Balaban J connectivity index is 2.23. The summed E-state index contributed by atoms with van der Waals surface area (Å²) in [6.45, 7) is 0. The molecule has 0 fully saturated rings. The summed E-state index contributed by atoms with van der Waals surface area (Å²) in [6.07, 6.45) is 4.24. The zero-order chi connectivity index (χ0) is 10.8. The van der Waals surface area contributed by atoms with Gasteiger partial charge in [0.25, 0.3) is 0 Å². The molecule has 1 aliphatic carbocycles. The van der Waals surface area contributed by atoms with E-state index in [4.69, 9.17) is 11.5 Å². The second-order valence-corrected chi connectivity index (χ2v) is 3.66. The second kappa shape index (κ2) is 3.82. The number of carbonyl (C=O) groups is 1. The summed E-state index contributed by atoms with van der Waals surface area (Å²) in [5, 5.41) is 2.35. The number of fused-ring (bicyclic) bond motifs is 1. The van der Waals surface area contributed by atoms with Gasteiger partial charge >= 0.3 is 6.03 Å². The number of nitrogens with zero attached hydrogens (tertiary/aromatic N) is 2. The molecule has 15 heavy (non-hydrogen) atoms. The van der Waals surface area contributed by atoms with Gasteiger partial charge in [-0.2, -0.15) is 0 Å². The molecule has 1 aromatic heterocycles. The molecule has 1 unspecified atom stereocenters. The van der Waals surface area contributed by atoms with Gasteiger partial charge in [-0.15, -0.1) is 0 Å². The summed E-state index contributed by atoms with van der Waals surface area (Å²) in [6, 6.07) is -0.460. The third kappa shape index (κ3) is 2.21. The number of primary amides is 1. The molecule has 0 aromatic carbocycles. The highest BCUT2D eigenvalue weighted by Crippen LogP contribution is 2.18. The Hall–Kier alpha value is -1.69. The minimum absolute atomic E-state index is 0.191. The van der Waals surface area contributed by atoms with Gasteiger partial charge in [0.15, 0.2) is 0 Å². The van der Waals surface area contributed by atoms with Crippen LogP contribution in [-0.4, -0.2) is 22.0 Å². The molecule has 80 valence electrons. The van der Waals surface area contributed by atoms with Crippen LogP contribution in [0.15, 0.2) is 6.20 Å². The van der Waals surface area contributed by atoms with Crippen LogP contribution in [0.2, 0.25) is 0 Å². The molecule has 0 saturated heterocycles. The lowest BCUT2D eigenvalue weighted by Gasteiger charge is -2.20. The Morgan fingerprint density at radius 3 is 3.13 bits per heavy atom. The van der Waals surface area contributed by atoms with Crippen molar-refractivity contribution in [1.29, 1.82) is 0 Å². The van der Waals surface area contributed by atoms with E-state index in [2.05, 4.69) is 15.3 Å². The number of hydrogen-bond donors (Lipinski definition) is 3. The fourth-order valence-electron chi connectivity index (χ4n) is 1.71. The molecule has 2 rings (SSSR count). The number of urea groups is 1. The van der Waals surface area contributed by atoms with Crippen molar-refractivity contribution in [3.05, 3.63) is 17.5 Å². The van der Waals surface area contributed by atoms with Gasteiger partial charge in [-0.1, -0.05) is 0 Å². The quantitative estimate of drug-likeness (QED) is 0.591. The van der Waals surface area contributed by atoms with Crippen molar-refractivity contribution in [2.24, 2.45) is 11.5 Å². The van der Waals surface area contributed by atoms with Crippen LogP contribution in [0.1, 0.15) is 17.7 Å². The van der Waals surface area contributed by atoms with Crippen molar-refractivity contribution in [2.75, 3.05) is 5.32 Å². The van der Waals surface area contributed by atoms with E-state index in [1.165, 1.54) is 0 Å². The number of aromatic nitrogens is 2. The highest BCUT2D eigenvalue weighted by atomic mass is 16.2. The third-order valence-electron chi connectivity index (χ3n) is 2.42. The van der Waals surface area contributed by atoms with Crippen LogP contribution in [0.5, 0.6) is 0 Å². The smallest absolute Gasteiger partial charge is 0.319 e. The lowest BCUT2D eigenvalue weighted by molar-refractivity contribution is 0.259. The van der Waals surface area contributed by atoms with Crippen LogP contribution in [0.3, 0.4) is 0 Å². The topological polar surface area (TPSA) is 107 Å². The number of hydrogen-bond acceptors (Lipinski definition) is 4. The highest BCUT2D eigenvalue weighted by Gasteiger charge is 2.17. The van der Waals surface area contributed by atoms with Gasteiger partial charge in [-0.05, 0) is 24.8 Å². The lowest BCUT2D eigenvalue weighted by Crippen LogP contribution is -2.29. The van der Waals surface area contributed by atoms with Crippen molar-refractivity contribution in [1.82, 2.24) is 9.97 Å². The average Bonchev–Trinajstić information content (AvgIpc) is 2.17. The summed E-state index contributed by atoms with van der Waals surface area (Å²) in [7, 11) is 0. The summed E-state index contributed by atoms with van der Waals surface area (Å²) in [5.41, 5.74) is 12.8. The molecule has 0 aliphatic heterocycles. The molecule has 1 aromatic rings. The maximum atomic E-state index is 10.6. The SMILES string of the molecule is NC(=O)Nc1ncc2c(n1)CCC(N)C2. The molecule has 1 aliphatic rings. The van der Waals surface area contributed by atoms with Crippen molar-refractivity contribution in [2.45, 2.75) is 25.3 Å². The number of aryl methyl sites for hydroxylation is 1. The summed E-state index contributed by atoms with van der Waals surface area (Å²) < 4.78 is 0. The van der Waals surface area contributed by atoms with Crippen molar-refractivity contribution < 1.29 is 4.79 Å². The summed E-state index contributed by atoms with van der Waals surface area (Å²) >= 11 is 0. The molecule has 0 spiro atoms. The molecule has 0 radical (unpaired) electrons. The van der Waals surface area contributed by atoms with Crippen LogP contribution in [-0.2, 0) is 12.8 Å². The first-order chi connectivity index (χ1) is 7.15. The zero-order valence-electron chi connectivity index (χ0n) is 8.23. The fourth-order valence-corrected chi connectivity index (χ4v) is 1.71. The number of carbonyl (C=O) groups excluding carboxylic acids is 1. The largest absolute Gasteiger partial charge is 0.351 e. The average molecular weight is 207 g/mol. The molecule has 5 N–H and O–H groups in total. The first kappa shape index (κ1) is 9.85. The third-order valence-corrected chi connectivity index (χ3v) is 2.42. The van der Waals surface area contributed by atoms with E-state index in [1.54, 1.807) is 6.20 Å². The molecule has 2 amide bonds. The molecule has 1 atom stereocenters. The van der Waals surface area contributed by atoms with E-state index in [1.807, 2.05) is 0 Å². The number of nitrogens with two attached hydrogens (primary N) is 2. The van der Waals surface area contributed by atoms with Gasteiger partial charge in [0.2, 0.25) is 5.95 Å². The number of anilines is 1.